The lowest BCUT2D eigenvalue weighted by atomic mass is 10.1. The normalized spacial score (nSPS) is 12.2. The highest BCUT2D eigenvalue weighted by molar-refractivity contribution is 9.10. The molecule has 0 aromatic heterocycles. The highest BCUT2D eigenvalue weighted by Crippen LogP contribution is 2.21. The molecule has 94 valence electrons. The molecule has 0 fully saturated rings. The molecule has 0 amide bonds. The molecule has 0 aliphatic carbocycles. The first-order valence-corrected chi connectivity index (χ1v) is 6.23. The van der Waals surface area contributed by atoms with Crippen LogP contribution in [0.25, 0.3) is 0 Å². The number of carboxylic acid groups (broad SMARTS) is 1. The van der Waals surface area contributed by atoms with Gasteiger partial charge in [0.05, 0.1) is 5.56 Å². The van der Waals surface area contributed by atoms with Gasteiger partial charge in [-0.3, -0.25) is 0 Å². The molecule has 1 aromatic rings. The first-order chi connectivity index (χ1) is 8.02. The average Bonchev–Trinajstić information content (AvgIpc) is 2.25. The van der Waals surface area contributed by atoms with Crippen molar-refractivity contribution in [2.24, 2.45) is 0 Å². The Morgan fingerprint density at radius 1 is 1.47 bits per heavy atom. The van der Waals surface area contributed by atoms with Gasteiger partial charge in [0.25, 0.3) is 0 Å². The lowest BCUT2D eigenvalue weighted by molar-refractivity contribution is 0.0697. The Morgan fingerprint density at radius 3 is 2.76 bits per heavy atom. The Labute approximate surface area is 109 Å². The maximum atomic E-state index is 10.9. The highest BCUT2D eigenvalue weighted by atomic mass is 79.9. The Hall–Kier alpha value is -1.07. The van der Waals surface area contributed by atoms with Gasteiger partial charge >= 0.3 is 5.97 Å². The zero-order valence-corrected chi connectivity index (χ0v) is 11.2. The van der Waals surface area contributed by atoms with Crippen LogP contribution in [0, 0.1) is 0 Å². The molecule has 3 N–H and O–H groups in total. The van der Waals surface area contributed by atoms with Crippen LogP contribution >= 0.6 is 15.9 Å². The molecule has 1 aromatic carbocycles. The minimum absolute atomic E-state index is 0.172. The van der Waals surface area contributed by atoms with Gasteiger partial charge in [-0.25, -0.2) is 4.79 Å². The van der Waals surface area contributed by atoms with E-state index in [4.69, 9.17) is 10.2 Å². The van der Waals surface area contributed by atoms with Crippen molar-refractivity contribution in [1.82, 2.24) is 0 Å². The summed E-state index contributed by atoms with van der Waals surface area (Å²) in [5.41, 5.74) is 1.01. The minimum Gasteiger partial charge on any atom is -0.478 e. The summed E-state index contributed by atoms with van der Waals surface area (Å²) in [6, 6.07) is 5.19. The molecule has 1 atom stereocenters. The van der Waals surface area contributed by atoms with Gasteiger partial charge in [-0.1, -0.05) is 15.9 Å². The smallest absolute Gasteiger partial charge is 0.335 e. The third kappa shape index (κ3) is 4.75. The van der Waals surface area contributed by atoms with Crippen LogP contribution in [0.1, 0.15) is 30.1 Å². The molecule has 0 heterocycles. The van der Waals surface area contributed by atoms with Crippen LogP contribution in [0.3, 0.4) is 0 Å². The van der Waals surface area contributed by atoms with Gasteiger partial charge in [-0.05, 0) is 38.0 Å². The quantitative estimate of drug-likeness (QED) is 0.755. The van der Waals surface area contributed by atoms with Crippen LogP contribution in [0.5, 0.6) is 0 Å². The molecule has 1 rings (SSSR count). The molecular formula is C12H16BrNO3. The summed E-state index contributed by atoms with van der Waals surface area (Å²) in [4.78, 5) is 10.9. The first kappa shape index (κ1) is 14.0. The van der Waals surface area contributed by atoms with Gasteiger partial charge < -0.3 is 15.5 Å². The summed E-state index contributed by atoms with van der Waals surface area (Å²) in [6.07, 6.45) is 1.57. The molecule has 0 bridgehead atoms. The maximum Gasteiger partial charge on any atom is 0.335 e. The number of nitrogens with one attached hydrogen (secondary N) is 1. The summed E-state index contributed by atoms with van der Waals surface area (Å²) in [6.45, 7) is 2.17. The fraction of sp³-hybridized carbons (Fsp3) is 0.417. The molecule has 17 heavy (non-hydrogen) atoms. The van der Waals surface area contributed by atoms with E-state index in [1.54, 1.807) is 12.1 Å². The van der Waals surface area contributed by atoms with Crippen molar-refractivity contribution in [2.75, 3.05) is 11.9 Å². The van der Waals surface area contributed by atoms with E-state index in [9.17, 15) is 4.79 Å². The molecule has 0 saturated heterocycles. The van der Waals surface area contributed by atoms with E-state index in [-0.39, 0.29) is 18.2 Å². The molecule has 0 aliphatic heterocycles. The van der Waals surface area contributed by atoms with Crippen LogP contribution in [0.4, 0.5) is 5.69 Å². The average molecular weight is 302 g/mol. The second-order valence-electron chi connectivity index (χ2n) is 3.94. The number of carboxylic acids is 1. The maximum absolute atomic E-state index is 10.9. The summed E-state index contributed by atoms with van der Waals surface area (Å²) in [7, 11) is 0. The minimum atomic E-state index is -0.947. The van der Waals surface area contributed by atoms with Crippen molar-refractivity contribution < 1.29 is 15.0 Å². The van der Waals surface area contributed by atoms with E-state index in [1.165, 1.54) is 0 Å². The van der Waals surface area contributed by atoms with Gasteiger partial charge in [-0.2, -0.15) is 0 Å². The number of carbonyl (C=O) groups is 1. The van der Waals surface area contributed by atoms with Crippen molar-refractivity contribution >= 4 is 27.6 Å². The Bertz CT molecular complexity index is 395. The van der Waals surface area contributed by atoms with E-state index in [0.717, 1.165) is 23.0 Å². The van der Waals surface area contributed by atoms with Gasteiger partial charge in [0.1, 0.15) is 0 Å². The van der Waals surface area contributed by atoms with Crippen molar-refractivity contribution in [2.45, 2.75) is 25.8 Å². The van der Waals surface area contributed by atoms with E-state index in [2.05, 4.69) is 21.2 Å². The molecule has 0 saturated carbocycles. The number of aromatic carboxylic acids is 1. The summed E-state index contributed by atoms with van der Waals surface area (Å²) >= 11 is 3.28. The van der Waals surface area contributed by atoms with Crippen molar-refractivity contribution in [1.29, 1.82) is 0 Å². The summed E-state index contributed by atoms with van der Waals surface area (Å²) < 4.78 is 0.731. The number of halogens is 1. The number of hydrogen-bond donors (Lipinski definition) is 3. The molecule has 5 heteroatoms. The summed E-state index contributed by atoms with van der Waals surface area (Å²) in [5, 5.41) is 20.9. The van der Waals surface area contributed by atoms with Crippen LogP contribution in [-0.4, -0.2) is 28.8 Å². The van der Waals surface area contributed by atoms with Crippen LogP contribution in [0.15, 0.2) is 22.7 Å². The zero-order chi connectivity index (χ0) is 12.8. The van der Waals surface area contributed by atoms with Crippen LogP contribution in [0.2, 0.25) is 0 Å². The van der Waals surface area contributed by atoms with Crippen molar-refractivity contribution in [3.63, 3.8) is 0 Å². The predicted octanol–water partition coefficient (Wildman–Crippen LogP) is 2.72. The number of anilines is 1. The number of aliphatic hydroxyl groups is 1. The van der Waals surface area contributed by atoms with E-state index in [1.807, 2.05) is 13.0 Å². The third-order valence-corrected chi connectivity index (χ3v) is 2.81. The number of aliphatic hydroxyl groups excluding tert-OH is 1. The lowest BCUT2D eigenvalue weighted by Gasteiger charge is -2.15. The topological polar surface area (TPSA) is 69.6 Å². The molecule has 1 unspecified atom stereocenters. The van der Waals surface area contributed by atoms with Gasteiger partial charge in [0.15, 0.2) is 0 Å². The van der Waals surface area contributed by atoms with Gasteiger partial charge in [-0.15, -0.1) is 0 Å². The Kier molecular flexibility index (Phi) is 5.44. The van der Waals surface area contributed by atoms with E-state index >= 15 is 0 Å². The standard InChI is InChI=1S/C12H16BrNO3/c1-8(3-2-4-15)14-11-6-9(12(16)17)5-10(13)7-11/h5-8,14-15H,2-4H2,1H3,(H,16,17). The number of rotatable bonds is 6. The second-order valence-corrected chi connectivity index (χ2v) is 4.86. The first-order valence-electron chi connectivity index (χ1n) is 5.44. The Morgan fingerprint density at radius 2 is 2.18 bits per heavy atom. The highest BCUT2D eigenvalue weighted by Gasteiger charge is 2.08. The molecule has 4 nitrogen and oxygen atoms in total. The van der Waals surface area contributed by atoms with E-state index < -0.39 is 5.97 Å². The fourth-order valence-electron chi connectivity index (χ4n) is 1.55. The number of benzene rings is 1. The largest absolute Gasteiger partial charge is 0.478 e. The van der Waals surface area contributed by atoms with Crippen molar-refractivity contribution in [3.8, 4) is 0 Å². The zero-order valence-electron chi connectivity index (χ0n) is 9.61. The molecular weight excluding hydrogens is 286 g/mol. The predicted molar refractivity (Wildman–Crippen MR) is 70.5 cm³/mol. The van der Waals surface area contributed by atoms with Crippen molar-refractivity contribution in [3.05, 3.63) is 28.2 Å². The SMILES string of the molecule is CC(CCCO)Nc1cc(Br)cc(C(=O)O)c1. The second kappa shape index (κ2) is 6.61. The monoisotopic (exact) mass is 301 g/mol. The summed E-state index contributed by atoms with van der Waals surface area (Å²) in [5.74, 6) is -0.947. The van der Waals surface area contributed by atoms with E-state index in [0.29, 0.717) is 0 Å². The lowest BCUT2D eigenvalue weighted by Crippen LogP contribution is -2.15. The fourth-order valence-corrected chi connectivity index (χ4v) is 2.04. The van der Waals surface area contributed by atoms with Crippen LogP contribution in [-0.2, 0) is 0 Å². The third-order valence-electron chi connectivity index (χ3n) is 2.35. The molecule has 0 aliphatic rings. The van der Waals surface area contributed by atoms with Gasteiger partial charge in [0.2, 0.25) is 0 Å². The van der Waals surface area contributed by atoms with Crippen LogP contribution < -0.4 is 5.32 Å². The molecule has 0 radical (unpaired) electrons. The Balaban J connectivity index is 2.73. The molecule has 0 spiro atoms. The number of hydrogen-bond acceptors (Lipinski definition) is 3. The van der Waals surface area contributed by atoms with Gasteiger partial charge in [0, 0.05) is 22.8 Å².